The van der Waals surface area contributed by atoms with Crippen LogP contribution >= 0.6 is 0 Å². The van der Waals surface area contributed by atoms with Crippen molar-refractivity contribution < 1.29 is 28.6 Å². The zero-order chi connectivity index (χ0) is 59.2. The van der Waals surface area contributed by atoms with Crippen molar-refractivity contribution in [3.05, 3.63) is 146 Å². The summed E-state index contributed by atoms with van der Waals surface area (Å²) in [7, 11) is 0. The molecular formula is C76H124O6. The van der Waals surface area contributed by atoms with E-state index in [4.69, 9.17) is 14.2 Å². The van der Waals surface area contributed by atoms with E-state index in [-0.39, 0.29) is 38.0 Å². The molecule has 0 N–H and O–H groups in total. The molecule has 0 heterocycles. The molecule has 0 aliphatic carbocycles. The van der Waals surface area contributed by atoms with E-state index in [2.05, 4.69) is 142 Å². The Morgan fingerprint density at radius 1 is 0.256 bits per heavy atom. The number of unbranched alkanes of at least 4 members (excludes halogenated alkanes) is 25. The van der Waals surface area contributed by atoms with Crippen molar-refractivity contribution in [1.29, 1.82) is 0 Å². The number of esters is 3. The Bertz CT molecular complexity index is 1780. The van der Waals surface area contributed by atoms with Crippen LogP contribution in [0.25, 0.3) is 0 Å². The Morgan fingerprint density at radius 3 is 0.744 bits per heavy atom. The van der Waals surface area contributed by atoms with Crippen LogP contribution in [0.1, 0.15) is 297 Å². The van der Waals surface area contributed by atoms with Crippen LogP contribution in [0.2, 0.25) is 0 Å². The molecular weight excluding hydrogens is 1010 g/mol. The quantitative estimate of drug-likeness (QED) is 0.0261. The van der Waals surface area contributed by atoms with E-state index in [0.29, 0.717) is 19.3 Å². The molecule has 0 aliphatic rings. The van der Waals surface area contributed by atoms with Crippen molar-refractivity contribution in [1.82, 2.24) is 0 Å². The zero-order valence-corrected chi connectivity index (χ0v) is 53.2. The summed E-state index contributed by atoms with van der Waals surface area (Å²) in [5, 5.41) is 0. The van der Waals surface area contributed by atoms with Crippen LogP contribution in [0.5, 0.6) is 0 Å². The third kappa shape index (κ3) is 66.1. The summed E-state index contributed by atoms with van der Waals surface area (Å²) >= 11 is 0. The highest BCUT2D eigenvalue weighted by Gasteiger charge is 2.19. The second kappa shape index (κ2) is 68.8. The number of ether oxygens (including phenoxy) is 3. The average molecular weight is 1130 g/mol. The van der Waals surface area contributed by atoms with E-state index in [1.54, 1.807) is 0 Å². The van der Waals surface area contributed by atoms with E-state index < -0.39 is 12.1 Å². The molecule has 0 saturated carbocycles. The minimum absolute atomic E-state index is 0.135. The molecule has 0 aromatic rings. The molecule has 0 amide bonds. The SMILES string of the molecule is CC/C=C\C/C=C\C/C=C\C/C=C\C/C=C\C/C=C\CCC(=O)OCC(COC(=O)CCCCCCCCCCCCCCCCCCCCCCCCCCCC)OC(=O)CC/C=C\C/C=C\C/C=C\C/C=C\C/C=C\C/C=C\CC. The van der Waals surface area contributed by atoms with Crippen molar-refractivity contribution in [3.63, 3.8) is 0 Å². The van der Waals surface area contributed by atoms with Gasteiger partial charge >= 0.3 is 17.9 Å². The maximum Gasteiger partial charge on any atom is 0.306 e. The molecule has 6 heteroatoms. The van der Waals surface area contributed by atoms with Crippen LogP contribution in [-0.4, -0.2) is 37.2 Å². The van der Waals surface area contributed by atoms with E-state index in [9.17, 15) is 14.4 Å². The van der Waals surface area contributed by atoms with Crippen molar-refractivity contribution in [2.75, 3.05) is 13.2 Å². The second-order valence-electron chi connectivity index (χ2n) is 22.0. The second-order valence-corrected chi connectivity index (χ2v) is 22.0. The summed E-state index contributed by atoms with van der Waals surface area (Å²) in [6, 6.07) is 0. The predicted molar refractivity (Wildman–Crippen MR) is 357 cm³/mol. The van der Waals surface area contributed by atoms with Crippen molar-refractivity contribution in [2.45, 2.75) is 303 Å². The summed E-state index contributed by atoms with van der Waals surface area (Å²) in [4.78, 5) is 38.3. The molecule has 0 spiro atoms. The maximum atomic E-state index is 12.9. The monoisotopic (exact) mass is 1130 g/mol. The first kappa shape index (κ1) is 77.3. The van der Waals surface area contributed by atoms with Crippen LogP contribution < -0.4 is 0 Å². The minimum atomic E-state index is -0.856. The highest BCUT2D eigenvalue weighted by Crippen LogP contribution is 2.17. The number of allylic oxidation sites excluding steroid dienone is 24. The lowest BCUT2D eigenvalue weighted by Gasteiger charge is -2.18. The van der Waals surface area contributed by atoms with Gasteiger partial charge in [0.15, 0.2) is 6.10 Å². The van der Waals surface area contributed by atoms with Crippen LogP contribution in [0.15, 0.2) is 146 Å². The number of carbonyl (C=O) groups excluding carboxylic acids is 3. The van der Waals surface area contributed by atoms with Gasteiger partial charge in [-0.25, -0.2) is 0 Å². The van der Waals surface area contributed by atoms with Crippen molar-refractivity contribution >= 4 is 17.9 Å². The molecule has 1 atom stereocenters. The van der Waals surface area contributed by atoms with Gasteiger partial charge in [0.25, 0.3) is 0 Å². The molecule has 0 rings (SSSR count). The maximum absolute atomic E-state index is 12.9. The summed E-state index contributed by atoms with van der Waals surface area (Å²) in [6.07, 6.45) is 99.0. The van der Waals surface area contributed by atoms with Crippen LogP contribution in [0, 0.1) is 0 Å². The van der Waals surface area contributed by atoms with Gasteiger partial charge in [-0.05, 0) is 96.3 Å². The summed E-state index contributed by atoms with van der Waals surface area (Å²) < 4.78 is 16.8. The Balaban J connectivity index is 4.50. The summed E-state index contributed by atoms with van der Waals surface area (Å²) in [6.45, 7) is 6.31. The van der Waals surface area contributed by atoms with Gasteiger partial charge in [-0.15, -0.1) is 0 Å². The minimum Gasteiger partial charge on any atom is -0.462 e. The first-order chi connectivity index (χ1) is 40.5. The van der Waals surface area contributed by atoms with Gasteiger partial charge in [-0.2, -0.15) is 0 Å². The standard InChI is InChI=1S/C76H124O6/c1-4-7-10-13-16-19-22-25-28-31-34-35-36-37-38-39-40-43-45-48-51-54-57-60-63-66-69-75(78)81-72-73(82-76(79)70-67-64-61-58-55-52-49-46-42-33-30-27-24-21-18-15-12-9-6-3)71-80-74(77)68-65-62-59-56-53-50-47-44-41-32-29-26-23-20-17-14-11-8-5-2/h8-9,11-12,17-18,20-21,26-27,29-30,41-42,44,46,50,52-53,55,59,61-62,64,73H,4-7,10,13-16,19,22-25,28,31-40,43,45,47-49,51,54,56-58,60,63,65-72H2,1-3H3/b11-8-,12-9-,20-17-,21-18-,29-26-,30-27-,44-41-,46-42-,53-50-,55-52-,62-59-,64-61-. The van der Waals surface area contributed by atoms with Crippen LogP contribution in [0.4, 0.5) is 0 Å². The molecule has 0 aliphatic heterocycles. The van der Waals surface area contributed by atoms with Gasteiger partial charge in [0.2, 0.25) is 0 Å². The first-order valence-electron chi connectivity index (χ1n) is 33.8. The smallest absolute Gasteiger partial charge is 0.306 e. The lowest BCUT2D eigenvalue weighted by Crippen LogP contribution is -2.30. The lowest BCUT2D eigenvalue weighted by atomic mass is 10.0. The van der Waals surface area contributed by atoms with Crippen LogP contribution in [-0.2, 0) is 28.6 Å². The third-order valence-corrected chi connectivity index (χ3v) is 14.1. The molecule has 0 aromatic heterocycles. The predicted octanol–water partition coefficient (Wildman–Crippen LogP) is 23.5. The largest absolute Gasteiger partial charge is 0.462 e. The number of hydrogen-bond acceptors (Lipinski definition) is 6. The average Bonchev–Trinajstić information content (AvgIpc) is 3.47. The molecule has 0 aromatic carbocycles. The topological polar surface area (TPSA) is 78.9 Å². The van der Waals surface area contributed by atoms with Gasteiger partial charge in [0.05, 0.1) is 0 Å². The Morgan fingerprint density at radius 2 is 0.476 bits per heavy atom. The summed E-state index contributed by atoms with van der Waals surface area (Å²) in [5.74, 6) is -1.10. The van der Waals surface area contributed by atoms with E-state index in [0.717, 1.165) is 96.3 Å². The lowest BCUT2D eigenvalue weighted by molar-refractivity contribution is -0.166. The Labute approximate surface area is 506 Å². The van der Waals surface area contributed by atoms with Gasteiger partial charge in [0, 0.05) is 19.3 Å². The molecule has 1 unspecified atom stereocenters. The van der Waals surface area contributed by atoms with Gasteiger partial charge in [-0.1, -0.05) is 327 Å². The molecule has 464 valence electrons. The molecule has 0 bridgehead atoms. The number of rotatable bonds is 60. The molecule has 6 nitrogen and oxygen atoms in total. The number of hydrogen-bond donors (Lipinski definition) is 0. The van der Waals surface area contributed by atoms with E-state index in [1.807, 2.05) is 24.3 Å². The van der Waals surface area contributed by atoms with Crippen molar-refractivity contribution in [2.24, 2.45) is 0 Å². The van der Waals surface area contributed by atoms with Crippen LogP contribution in [0.3, 0.4) is 0 Å². The van der Waals surface area contributed by atoms with Gasteiger partial charge in [0.1, 0.15) is 13.2 Å². The highest BCUT2D eigenvalue weighted by atomic mass is 16.6. The normalized spacial score (nSPS) is 13.1. The Kier molecular flexibility index (Phi) is 64.8. The summed E-state index contributed by atoms with van der Waals surface area (Å²) in [5.41, 5.74) is 0. The number of carbonyl (C=O) groups is 3. The van der Waals surface area contributed by atoms with Crippen molar-refractivity contribution in [3.8, 4) is 0 Å². The molecule has 0 fully saturated rings. The van der Waals surface area contributed by atoms with Gasteiger partial charge in [-0.3, -0.25) is 14.4 Å². The fourth-order valence-electron chi connectivity index (χ4n) is 9.14. The third-order valence-electron chi connectivity index (χ3n) is 14.1. The highest BCUT2D eigenvalue weighted by molar-refractivity contribution is 5.71. The first-order valence-corrected chi connectivity index (χ1v) is 33.8. The van der Waals surface area contributed by atoms with E-state index in [1.165, 1.54) is 148 Å². The zero-order valence-electron chi connectivity index (χ0n) is 53.2. The molecule has 0 radical (unpaired) electrons. The fourth-order valence-corrected chi connectivity index (χ4v) is 9.14. The molecule has 82 heavy (non-hydrogen) atoms. The molecule has 0 saturated heterocycles. The van der Waals surface area contributed by atoms with E-state index >= 15 is 0 Å². The fraction of sp³-hybridized carbons (Fsp3) is 0.645. The Hall–Kier alpha value is -4.71. The van der Waals surface area contributed by atoms with Gasteiger partial charge < -0.3 is 14.2 Å².